The molecular formula is C6H8ClN3O. The van der Waals surface area contributed by atoms with Crippen molar-refractivity contribution in [3.05, 3.63) is 12.5 Å². The molecule has 0 radical (unpaired) electrons. The van der Waals surface area contributed by atoms with Gasteiger partial charge in [-0.05, 0) is 0 Å². The zero-order valence-corrected chi connectivity index (χ0v) is 6.80. The van der Waals surface area contributed by atoms with Gasteiger partial charge in [-0.3, -0.25) is 4.79 Å². The molecule has 0 atom stereocenters. The monoisotopic (exact) mass is 173 g/mol. The molecule has 1 heterocycles. The van der Waals surface area contributed by atoms with E-state index in [1.165, 1.54) is 0 Å². The summed E-state index contributed by atoms with van der Waals surface area (Å²) in [6, 6.07) is 0. The Hall–Kier alpha value is -1.03. The SMILES string of the molecule is Cn1cnc(NC(=O)CCl)c1. The molecular weight excluding hydrogens is 166 g/mol. The maximum absolute atomic E-state index is 10.7. The molecule has 0 saturated carbocycles. The van der Waals surface area contributed by atoms with Gasteiger partial charge in [0.25, 0.3) is 0 Å². The number of rotatable bonds is 2. The van der Waals surface area contributed by atoms with Crippen LogP contribution in [-0.4, -0.2) is 21.3 Å². The molecule has 11 heavy (non-hydrogen) atoms. The minimum atomic E-state index is -0.245. The first-order valence-electron chi connectivity index (χ1n) is 3.06. The number of aromatic nitrogens is 2. The molecule has 0 aliphatic heterocycles. The van der Waals surface area contributed by atoms with E-state index in [0.717, 1.165) is 0 Å². The Morgan fingerprint density at radius 2 is 2.64 bits per heavy atom. The summed E-state index contributed by atoms with van der Waals surface area (Å²) in [7, 11) is 1.82. The molecule has 0 aliphatic carbocycles. The van der Waals surface area contributed by atoms with Crippen LogP contribution in [0.4, 0.5) is 5.82 Å². The highest BCUT2D eigenvalue weighted by Crippen LogP contribution is 2.00. The standard InChI is InChI=1S/C6H8ClN3O/c1-10-3-5(8-4-10)9-6(11)2-7/h3-4H,2H2,1H3,(H,9,11). The van der Waals surface area contributed by atoms with Crippen molar-refractivity contribution in [2.24, 2.45) is 7.05 Å². The molecule has 60 valence electrons. The lowest BCUT2D eigenvalue weighted by Crippen LogP contribution is -2.12. The number of anilines is 1. The molecule has 0 aliphatic rings. The van der Waals surface area contributed by atoms with Gasteiger partial charge in [0.05, 0.1) is 6.33 Å². The van der Waals surface area contributed by atoms with E-state index in [9.17, 15) is 4.79 Å². The summed E-state index contributed by atoms with van der Waals surface area (Å²) in [6.45, 7) is 0. The second-order valence-corrected chi connectivity index (χ2v) is 2.37. The smallest absolute Gasteiger partial charge is 0.240 e. The van der Waals surface area contributed by atoms with Crippen molar-refractivity contribution in [2.45, 2.75) is 0 Å². The third-order valence-electron chi connectivity index (χ3n) is 1.09. The van der Waals surface area contributed by atoms with E-state index in [-0.39, 0.29) is 11.8 Å². The molecule has 1 rings (SSSR count). The highest BCUT2D eigenvalue weighted by molar-refractivity contribution is 6.28. The number of nitrogens with one attached hydrogen (secondary N) is 1. The van der Waals surface area contributed by atoms with Crippen molar-refractivity contribution >= 4 is 23.3 Å². The Morgan fingerprint density at radius 1 is 1.91 bits per heavy atom. The molecule has 0 aromatic carbocycles. The highest BCUT2D eigenvalue weighted by atomic mass is 35.5. The normalized spacial score (nSPS) is 9.64. The number of hydrogen-bond acceptors (Lipinski definition) is 2. The molecule has 0 fully saturated rings. The number of carbonyl (C=O) groups excluding carboxylic acids is 1. The number of aryl methyl sites for hydroxylation is 1. The van der Waals surface area contributed by atoms with Gasteiger partial charge in [-0.1, -0.05) is 0 Å². The van der Waals surface area contributed by atoms with Gasteiger partial charge in [0.1, 0.15) is 5.88 Å². The molecule has 0 bridgehead atoms. The Bertz CT molecular complexity index is 258. The number of hydrogen-bond donors (Lipinski definition) is 1. The quantitative estimate of drug-likeness (QED) is 0.666. The largest absolute Gasteiger partial charge is 0.338 e. The van der Waals surface area contributed by atoms with Crippen LogP contribution in [-0.2, 0) is 11.8 Å². The number of nitrogens with zero attached hydrogens (tertiary/aromatic N) is 2. The minimum Gasteiger partial charge on any atom is -0.338 e. The van der Waals surface area contributed by atoms with Gasteiger partial charge in [0.2, 0.25) is 5.91 Å². The van der Waals surface area contributed by atoms with E-state index in [4.69, 9.17) is 11.6 Å². The van der Waals surface area contributed by atoms with Crippen LogP contribution in [0.2, 0.25) is 0 Å². The topological polar surface area (TPSA) is 46.9 Å². The number of halogens is 1. The Balaban J connectivity index is 2.57. The molecule has 1 aromatic rings. The molecule has 4 nitrogen and oxygen atoms in total. The van der Waals surface area contributed by atoms with Gasteiger partial charge in [-0.15, -0.1) is 11.6 Å². The summed E-state index contributed by atoms with van der Waals surface area (Å²) in [5.41, 5.74) is 0. The zero-order chi connectivity index (χ0) is 8.27. The molecule has 1 N–H and O–H groups in total. The van der Waals surface area contributed by atoms with Crippen LogP contribution in [0, 0.1) is 0 Å². The van der Waals surface area contributed by atoms with Crippen LogP contribution in [0.25, 0.3) is 0 Å². The van der Waals surface area contributed by atoms with E-state index in [2.05, 4.69) is 10.3 Å². The summed E-state index contributed by atoms with van der Waals surface area (Å²) in [6.07, 6.45) is 3.30. The number of carbonyl (C=O) groups is 1. The van der Waals surface area contributed by atoms with Crippen LogP contribution < -0.4 is 5.32 Å². The first-order chi connectivity index (χ1) is 5.22. The van der Waals surface area contributed by atoms with Crippen molar-refractivity contribution in [3.8, 4) is 0 Å². The van der Waals surface area contributed by atoms with Crippen molar-refractivity contribution in [1.29, 1.82) is 0 Å². The van der Waals surface area contributed by atoms with Crippen LogP contribution in [0.5, 0.6) is 0 Å². The summed E-state index contributed by atoms with van der Waals surface area (Å²) >= 11 is 5.26. The van der Waals surface area contributed by atoms with Crippen molar-refractivity contribution < 1.29 is 4.79 Å². The third kappa shape index (κ3) is 2.23. The van der Waals surface area contributed by atoms with Gasteiger partial charge in [0, 0.05) is 13.2 Å². The average molecular weight is 174 g/mol. The highest BCUT2D eigenvalue weighted by Gasteiger charge is 2.00. The summed E-state index contributed by atoms with van der Waals surface area (Å²) in [4.78, 5) is 14.6. The van der Waals surface area contributed by atoms with E-state index in [1.807, 2.05) is 7.05 Å². The fraction of sp³-hybridized carbons (Fsp3) is 0.333. The maximum atomic E-state index is 10.7. The number of amides is 1. The van der Waals surface area contributed by atoms with Crippen molar-refractivity contribution in [1.82, 2.24) is 9.55 Å². The lowest BCUT2D eigenvalue weighted by atomic mass is 10.6. The minimum absolute atomic E-state index is 0.0451. The predicted octanol–water partition coefficient (Wildman–Crippen LogP) is 0.597. The molecule has 1 aromatic heterocycles. The Labute approximate surface area is 69.2 Å². The fourth-order valence-electron chi connectivity index (χ4n) is 0.654. The molecule has 5 heteroatoms. The van der Waals surface area contributed by atoms with Crippen molar-refractivity contribution in [2.75, 3.05) is 11.2 Å². The summed E-state index contributed by atoms with van der Waals surface area (Å²) < 4.78 is 1.74. The second-order valence-electron chi connectivity index (χ2n) is 2.11. The lowest BCUT2D eigenvalue weighted by Gasteiger charge is -1.94. The first kappa shape index (κ1) is 8.07. The van der Waals surface area contributed by atoms with E-state index < -0.39 is 0 Å². The van der Waals surface area contributed by atoms with E-state index >= 15 is 0 Å². The van der Waals surface area contributed by atoms with Gasteiger partial charge in [-0.2, -0.15) is 0 Å². The van der Waals surface area contributed by atoms with Crippen LogP contribution in [0.1, 0.15) is 0 Å². The van der Waals surface area contributed by atoms with Crippen LogP contribution in [0.15, 0.2) is 12.5 Å². The Kier molecular flexibility index (Phi) is 2.48. The van der Waals surface area contributed by atoms with E-state index in [1.54, 1.807) is 17.1 Å². The first-order valence-corrected chi connectivity index (χ1v) is 3.59. The van der Waals surface area contributed by atoms with Gasteiger partial charge >= 0.3 is 0 Å². The van der Waals surface area contributed by atoms with Gasteiger partial charge < -0.3 is 9.88 Å². The van der Waals surface area contributed by atoms with Gasteiger partial charge in [0.15, 0.2) is 5.82 Å². The molecule has 0 spiro atoms. The van der Waals surface area contributed by atoms with E-state index in [0.29, 0.717) is 5.82 Å². The summed E-state index contributed by atoms with van der Waals surface area (Å²) in [5, 5.41) is 2.51. The fourth-order valence-corrected chi connectivity index (χ4v) is 0.720. The van der Waals surface area contributed by atoms with Crippen LogP contribution in [0.3, 0.4) is 0 Å². The Morgan fingerprint density at radius 3 is 3.09 bits per heavy atom. The summed E-state index contributed by atoms with van der Waals surface area (Å²) in [5.74, 6) is 0.236. The molecule has 0 saturated heterocycles. The second kappa shape index (κ2) is 3.39. The average Bonchev–Trinajstić information content (AvgIpc) is 2.35. The third-order valence-corrected chi connectivity index (χ3v) is 1.34. The molecule has 0 unspecified atom stereocenters. The predicted molar refractivity (Wildman–Crippen MR) is 42.6 cm³/mol. The van der Waals surface area contributed by atoms with Crippen molar-refractivity contribution in [3.63, 3.8) is 0 Å². The van der Waals surface area contributed by atoms with Crippen LogP contribution >= 0.6 is 11.6 Å². The molecule has 1 amide bonds. The number of imidazole rings is 1. The van der Waals surface area contributed by atoms with Gasteiger partial charge in [-0.25, -0.2) is 4.98 Å². The number of alkyl halides is 1. The maximum Gasteiger partial charge on any atom is 0.240 e. The lowest BCUT2D eigenvalue weighted by molar-refractivity contribution is -0.113. The zero-order valence-electron chi connectivity index (χ0n) is 6.04.